The van der Waals surface area contributed by atoms with E-state index in [-0.39, 0.29) is 30.4 Å². The zero-order chi connectivity index (χ0) is 22.3. The highest BCUT2D eigenvalue weighted by molar-refractivity contribution is 7.89. The molecule has 0 radical (unpaired) electrons. The molecule has 0 bridgehead atoms. The van der Waals surface area contributed by atoms with E-state index >= 15 is 0 Å². The SMILES string of the molecule is Cc1ccc(S(=O)(=O)N2CCCCC2C(=O)NC(CCCN=C(N)N)C(=O)O)cc1. The first-order chi connectivity index (χ1) is 14.1. The van der Waals surface area contributed by atoms with E-state index in [4.69, 9.17) is 11.5 Å². The van der Waals surface area contributed by atoms with Crippen molar-refractivity contribution in [1.82, 2.24) is 9.62 Å². The summed E-state index contributed by atoms with van der Waals surface area (Å²) < 4.78 is 27.4. The molecule has 10 nitrogen and oxygen atoms in total. The number of amides is 1. The van der Waals surface area contributed by atoms with Crippen LogP contribution in [0.1, 0.15) is 37.7 Å². The summed E-state index contributed by atoms with van der Waals surface area (Å²) in [4.78, 5) is 28.3. The number of hydrogen-bond donors (Lipinski definition) is 4. The number of carboxylic acids is 1. The van der Waals surface area contributed by atoms with E-state index in [0.717, 1.165) is 5.56 Å². The summed E-state index contributed by atoms with van der Waals surface area (Å²) in [5.74, 6) is -1.90. The van der Waals surface area contributed by atoms with Crippen LogP contribution in [0.3, 0.4) is 0 Å². The first-order valence-electron chi connectivity index (χ1n) is 9.80. The van der Waals surface area contributed by atoms with Gasteiger partial charge < -0.3 is 21.9 Å². The lowest BCUT2D eigenvalue weighted by Gasteiger charge is -2.34. The summed E-state index contributed by atoms with van der Waals surface area (Å²) in [6, 6.07) is 4.31. The summed E-state index contributed by atoms with van der Waals surface area (Å²) in [5, 5.41) is 11.9. The third-order valence-corrected chi connectivity index (χ3v) is 6.87. The minimum atomic E-state index is -3.88. The monoisotopic (exact) mass is 439 g/mol. The zero-order valence-corrected chi connectivity index (χ0v) is 17.8. The first-order valence-corrected chi connectivity index (χ1v) is 11.2. The number of carbonyl (C=O) groups excluding carboxylic acids is 1. The van der Waals surface area contributed by atoms with Crippen molar-refractivity contribution < 1.29 is 23.1 Å². The van der Waals surface area contributed by atoms with Crippen LogP contribution in [0.2, 0.25) is 0 Å². The number of nitrogens with zero attached hydrogens (tertiary/aromatic N) is 2. The number of aryl methyl sites for hydroxylation is 1. The average molecular weight is 440 g/mol. The van der Waals surface area contributed by atoms with E-state index in [1.807, 2.05) is 6.92 Å². The molecule has 2 atom stereocenters. The van der Waals surface area contributed by atoms with Gasteiger partial charge in [0.15, 0.2) is 5.96 Å². The molecule has 166 valence electrons. The molecule has 1 aromatic rings. The molecular weight excluding hydrogens is 410 g/mol. The number of nitrogens with two attached hydrogens (primary N) is 2. The molecule has 1 aliphatic rings. The van der Waals surface area contributed by atoms with Crippen molar-refractivity contribution in [3.63, 3.8) is 0 Å². The van der Waals surface area contributed by atoms with Crippen molar-refractivity contribution in [1.29, 1.82) is 0 Å². The Kier molecular flexibility index (Phi) is 8.18. The molecule has 6 N–H and O–H groups in total. The second-order valence-electron chi connectivity index (χ2n) is 7.29. The number of rotatable bonds is 9. The Morgan fingerprint density at radius 1 is 1.27 bits per heavy atom. The molecule has 1 heterocycles. The fourth-order valence-electron chi connectivity index (χ4n) is 3.33. The molecule has 0 saturated carbocycles. The van der Waals surface area contributed by atoms with Crippen LogP contribution in [0, 0.1) is 6.92 Å². The van der Waals surface area contributed by atoms with Crippen molar-refractivity contribution in [2.75, 3.05) is 13.1 Å². The van der Waals surface area contributed by atoms with Crippen molar-refractivity contribution in [3.05, 3.63) is 29.8 Å². The molecule has 11 heteroatoms. The molecule has 1 aromatic carbocycles. The lowest BCUT2D eigenvalue weighted by molar-refractivity contribution is -0.142. The van der Waals surface area contributed by atoms with Gasteiger partial charge in [0.1, 0.15) is 12.1 Å². The highest BCUT2D eigenvalue weighted by Gasteiger charge is 2.38. The molecule has 0 aliphatic carbocycles. The number of carbonyl (C=O) groups is 2. The molecule has 0 aromatic heterocycles. The van der Waals surface area contributed by atoms with Crippen LogP contribution < -0.4 is 16.8 Å². The van der Waals surface area contributed by atoms with Crippen LogP contribution in [0.4, 0.5) is 0 Å². The Balaban J connectivity index is 2.13. The van der Waals surface area contributed by atoms with Crippen LogP contribution in [0.25, 0.3) is 0 Å². The third kappa shape index (κ3) is 6.17. The van der Waals surface area contributed by atoms with Gasteiger partial charge in [-0.3, -0.25) is 9.79 Å². The van der Waals surface area contributed by atoms with Gasteiger partial charge in [0.25, 0.3) is 0 Å². The number of hydrogen-bond acceptors (Lipinski definition) is 5. The van der Waals surface area contributed by atoms with Gasteiger partial charge in [0.05, 0.1) is 4.90 Å². The number of guanidine groups is 1. The Labute approximate surface area is 176 Å². The summed E-state index contributed by atoms with van der Waals surface area (Å²) in [7, 11) is -3.88. The quantitative estimate of drug-likeness (QED) is 0.241. The van der Waals surface area contributed by atoms with Crippen molar-refractivity contribution in [2.24, 2.45) is 16.5 Å². The highest BCUT2D eigenvalue weighted by atomic mass is 32.2. The first kappa shape index (κ1) is 23.6. The number of nitrogens with one attached hydrogen (secondary N) is 1. The Morgan fingerprint density at radius 2 is 1.93 bits per heavy atom. The van der Waals surface area contributed by atoms with Crippen molar-refractivity contribution in [2.45, 2.75) is 56.0 Å². The Hall–Kier alpha value is -2.66. The van der Waals surface area contributed by atoms with Gasteiger partial charge in [-0.1, -0.05) is 24.1 Å². The van der Waals surface area contributed by atoms with Crippen LogP contribution in [-0.4, -0.2) is 60.8 Å². The van der Waals surface area contributed by atoms with E-state index in [1.54, 1.807) is 12.1 Å². The maximum absolute atomic E-state index is 13.1. The fraction of sp³-hybridized carbons (Fsp3) is 0.526. The topological polar surface area (TPSA) is 168 Å². The lowest BCUT2D eigenvalue weighted by Crippen LogP contribution is -2.54. The zero-order valence-electron chi connectivity index (χ0n) is 17.0. The van der Waals surface area contributed by atoms with Gasteiger partial charge in [-0.25, -0.2) is 13.2 Å². The van der Waals surface area contributed by atoms with E-state index in [0.29, 0.717) is 25.7 Å². The number of aliphatic carboxylic acids is 1. The van der Waals surface area contributed by atoms with Crippen LogP contribution in [0.15, 0.2) is 34.2 Å². The summed E-state index contributed by atoms with van der Waals surface area (Å²) in [6.45, 7) is 2.29. The molecule has 2 rings (SSSR count). The third-order valence-electron chi connectivity index (χ3n) is 4.94. The molecule has 1 amide bonds. The predicted octanol–water partition coefficient (Wildman–Crippen LogP) is 0.161. The van der Waals surface area contributed by atoms with Crippen LogP contribution >= 0.6 is 0 Å². The Morgan fingerprint density at radius 3 is 2.53 bits per heavy atom. The maximum atomic E-state index is 13.1. The predicted molar refractivity (Wildman–Crippen MR) is 112 cm³/mol. The van der Waals surface area contributed by atoms with E-state index < -0.39 is 34.0 Å². The van der Waals surface area contributed by atoms with Gasteiger partial charge in [-0.05, 0) is 44.7 Å². The van der Waals surface area contributed by atoms with E-state index in [1.165, 1.54) is 16.4 Å². The minimum Gasteiger partial charge on any atom is -0.480 e. The summed E-state index contributed by atoms with van der Waals surface area (Å²) in [6.07, 6.45) is 2.12. The minimum absolute atomic E-state index is 0.0925. The fourth-order valence-corrected chi connectivity index (χ4v) is 4.99. The summed E-state index contributed by atoms with van der Waals surface area (Å²) >= 11 is 0. The van der Waals surface area contributed by atoms with Gasteiger partial charge in [-0.2, -0.15) is 4.31 Å². The maximum Gasteiger partial charge on any atom is 0.326 e. The van der Waals surface area contributed by atoms with E-state index in [2.05, 4.69) is 10.3 Å². The van der Waals surface area contributed by atoms with Crippen molar-refractivity contribution >= 4 is 27.9 Å². The number of carboxylic acid groups (broad SMARTS) is 1. The standard InChI is InChI=1S/C19H29N5O5S/c1-13-7-9-14(10-8-13)30(28,29)24-12-3-2-6-16(24)17(25)23-15(18(26)27)5-4-11-22-19(20)21/h7-10,15-16H,2-6,11-12H2,1H3,(H,23,25)(H,26,27)(H4,20,21,22). The number of benzene rings is 1. The van der Waals surface area contributed by atoms with Crippen molar-refractivity contribution in [3.8, 4) is 0 Å². The molecule has 1 aliphatic heterocycles. The highest BCUT2D eigenvalue weighted by Crippen LogP contribution is 2.26. The molecule has 1 saturated heterocycles. The normalized spacial score (nSPS) is 18.4. The second kappa shape index (κ2) is 10.4. The molecule has 0 spiro atoms. The largest absolute Gasteiger partial charge is 0.480 e. The average Bonchev–Trinajstić information content (AvgIpc) is 2.70. The smallest absolute Gasteiger partial charge is 0.326 e. The number of sulfonamides is 1. The van der Waals surface area contributed by atoms with Gasteiger partial charge in [0, 0.05) is 13.1 Å². The second-order valence-corrected chi connectivity index (χ2v) is 9.18. The molecule has 30 heavy (non-hydrogen) atoms. The van der Waals surface area contributed by atoms with Crippen LogP contribution in [0.5, 0.6) is 0 Å². The molecule has 1 fully saturated rings. The number of piperidine rings is 1. The number of aliphatic imine (C=N–C) groups is 1. The molecular formula is C19H29N5O5S. The van der Waals surface area contributed by atoms with Crippen LogP contribution in [-0.2, 0) is 19.6 Å². The van der Waals surface area contributed by atoms with Gasteiger partial charge in [0.2, 0.25) is 15.9 Å². The summed E-state index contributed by atoms with van der Waals surface area (Å²) in [5.41, 5.74) is 11.4. The Bertz CT molecular complexity index is 881. The van der Waals surface area contributed by atoms with Gasteiger partial charge >= 0.3 is 5.97 Å². The molecule has 2 unspecified atom stereocenters. The lowest BCUT2D eigenvalue weighted by atomic mass is 10.0. The van der Waals surface area contributed by atoms with E-state index in [9.17, 15) is 23.1 Å². The van der Waals surface area contributed by atoms with Gasteiger partial charge in [-0.15, -0.1) is 0 Å².